The Kier molecular flexibility index (Phi) is 8.42. The van der Waals surface area contributed by atoms with Gasteiger partial charge in [0.1, 0.15) is 0 Å². The molecular weight excluding hydrogens is 448 g/mol. The van der Waals surface area contributed by atoms with Gasteiger partial charge in [-0.1, -0.05) is 82.0 Å². The topological polar surface area (TPSA) is 58.6 Å². The number of unbranched alkanes of at least 4 members (excludes halogenated alkanes) is 3. The van der Waals surface area contributed by atoms with Crippen molar-refractivity contribution < 1.29 is 14.3 Å². The maximum Gasteiger partial charge on any atom is 0.338 e. The van der Waals surface area contributed by atoms with Crippen LogP contribution in [-0.2, 0) is 16.1 Å². The quantitative estimate of drug-likeness (QED) is 0.167. The number of hydrogen-bond acceptors (Lipinski definition) is 4. The molecule has 188 valence electrons. The molecule has 1 amide bonds. The van der Waals surface area contributed by atoms with Crippen molar-refractivity contribution in [2.75, 3.05) is 11.5 Å². The molecule has 3 aromatic rings. The van der Waals surface area contributed by atoms with Crippen LogP contribution < -0.4 is 10.2 Å². The summed E-state index contributed by atoms with van der Waals surface area (Å²) in [7, 11) is 0. The van der Waals surface area contributed by atoms with E-state index in [-0.39, 0.29) is 17.8 Å². The summed E-state index contributed by atoms with van der Waals surface area (Å²) >= 11 is 0. The number of anilines is 3. The van der Waals surface area contributed by atoms with Gasteiger partial charge in [0.25, 0.3) is 0 Å². The number of amides is 1. The molecule has 36 heavy (non-hydrogen) atoms. The van der Waals surface area contributed by atoms with Crippen molar-refractivity contribution in [2.24, 2.45) is 5.92 Å². The summed E-state index contributed by atoms with van der Waals surface area (Å²) in [5.41, 5.74) is 6.87. The lowest BCUT2D eigenvalue weighted by molar-refractivity contribution is -0.124. The Bertz CT molecular complexity index is 1210. The van der Waals surface area contributed by atoms with Crippen LogP contribution in [0.2, 0.25) is 0 Å². The first kappa shape index (κ1) is 25.5. The van der Waals surface area contributed by atoms with Gasteiger partial charge in [-0.3, -0.25) is 4.79 Å². The zero-order chi connectivity index (χ0) is 25.5. The van der Waals surface area contributed by atoms with E-state index in [1.54, 1.807) is 13.0 Å². The van der Waals surface area contributed by atoms with E-state index in [0.717, 1.165) is 46.6 Å². The molecule has 1 unspecified atom stereocenters. The van der Waals surface area contributed by atoms with Gasteiger partial charge in [0.15, 0.2) is 0 Å². The number of fused-ring (bicyclic) bond motifs is 2. The molecule has 1 aliphatic rings. The lowest BCUT2D eigenvalue weighted by Gasteiger charge is -2.41. The van der Waals surface area contributed by atoms with Gasteiger partial charge in [-0.2, -0.15) is 0 Å². The number of carbonyl (C=O) groups is 2. The number of rotatable bonds is 12. The molecule has 0 aliphatic carbocycles. The average Bonchev–Trinajstić information content (AvgIpc) is 2.91. The Hall–Kier alpha value is -3.60. The Labute approximate surface area is 214 Å². The predicted octanol–water partition coefficient (Wildman–Crippen LogP) is 7.54. The van der Waals surface area contributed by atoms with E-state index in [1.807, 2.05) is 43.3 Å². The average molecular weight is 485 g/mol. The molecule has 0 aromatic heterocycles. The standard InChI is InChI=1S/C31H36N2O3/c1-4-6-7-9-13-22(3)30(34)32-21-27-28-19-18-26(23-14-10-8-11-15-23)29(27)33(28)25-17-12-16-24(20-25)31(35)36-5-2/h8,10-12,14-20,22H,4-7,9,13,21H2,1-3H3,(H,32,34). The smallest absolute Gasteiger partial charge is 0.338 e. The van der Waals surface area contributed by atoms with Crippen LogP contribution in [0, 0.1) is 5.92 Å². The molecule has 0 radical (unpaired) electrons. The number of hydrogen-bond donors (Lipinski definition) is 1. The monoisotopic (exact) mass is 484 g/mol. The summed E-state index contributed by atoms with van der Waals surface area (Å²) in [6, 6.07) is 22.0. The molecule has 0 fully saturated rings. The molecule has 0 saturated carbocycles. The number of esters is 1. The minimum atomic E-state index is -0.327. The fraction of sp³-hybridized carbons (Fsp3) is 0.355. The van der Waals surface area contributed by atoms with Gasteiger partial charge in [0.05, 0.1) is 23.5 Å². The Morgan fingerprint density at radius 1 is 0.944 bits per heavy atom. The second kappa shape index (κ2) is 11.9. The highest BCUT2D eigenvalue weighted by Gasteiger charge is 2.33. The summed E-state index contributed by atoms with van der Waals surface area (Å²) in [6.45, 7) is 6.84. The molecule has 1 atom stereocenters. The van der Waals surface area contributed by atoms with Crippen LogP contribution in [0.25, 0.3) is 11.1 Å². The number of carbonyl (C=O) groups excluding carboxylic acids is 2. The highest BCUT2D eigenvalue weighted by atomic mass is 16.5. The van der Waals surface area contributed by atoms with E-state index < -0.39 is 0 Å². The molecule has 4 rings (SSSR count). The number of ether oxygens (including phenoxy) is 1. The predicted molar refractivity (Wildman–Crippen MR) is 146 cm³/mol. The Morgan fingerprint density at radius 2 is 1.75 bits per heavy atom. The van der Waals surface area contributed by atoms with E-state index >= 15 is 0 Å². The summed E-state index contributed by atoms with van der Waals surface area (Å²) in [4.78, 5) is 27.3. The SMILES string of the molecule is CCCCCCC(C)C(=O)NCc1c2ccc(-c3ccccc3)c1N2c1cccc(C(=O)OCC)c1. The van der Waals surface area contributed by atoms with Gasteiger partial charge in [-0.05, 0) is 43.2 Å². The second-order valence-electron chi connectivity index (χ2n) is 9.40. The highest BCUT2D eigenvalue weighted by Crippen LogP contribution is 2.54. The van der Waals surface area contributed by atoms with Crippen molar-refractivity contribution in [3.63, 3.8) is 0 Å². The fourth-order valence-electron chi connectivity index (χ4n) is 4.80. The molecule has 0 spiro atoms. The van der Waals surface area contributed by atoms with E-state index in [0.29, 0.717) is 18.7 Å². The van der Waals surface area contributed by atoms with Crippen molar-refractivity contribution in [2.45, 2.75) is 59.4 Å². The second-order valence-corrected chi connectivity index (χ2v) is 9.40. The zero-order valence-corrected chi connectivity index (χ0v) is 21.5. The first-order valence-electron chi connectivity index (χ1n) is 13.1. The molecule has 1 aliphatic heterocycles. The normalized spacial score (nSPS) is 12.6. The highest BCUT2D eigenvalue weighted by molar-refractivity contribution is 6.02. The summed E-state index contributed by atoms with van der Waals surface area (Å²) in [6.07, 6.45) is 5.61. The number of benzene rings is 3. The molecule has 1 N–H and O–H groups in total. The number of nitrogens with one attached hydrogen (secondary N) is 1. The first-order chi connectivity index (χ1) is 17.5. The molecule has 2 bridgehead atoms. The van der Waals surface area contributed by atoms with Gasteiger partial charge in [-0.25, -0.2) is 4.79 Å². The molecule has 0 saturated heterocycles. The Morgan fingerprint density at radius 3 is 2.50 bits per heavy atom. The van der Waals surface area contributed by atoms with E-state index in [9.17, 15) is 9.59 Å². The van der Waals surface area contributed by atoms with Gasteiger partial charge in [0.2, 0.25) is 5.91 Å². The van der Waals surface area contributed by atoms with Crippen LogP contribution in [0.3, 0.4) is 0 Å². The van der Waals surface area contributed by atoms with E-state index in [2.05, 4.69) is 41.4 Å². The van der Waals surface area contributed by atoms with Crippen LogP contribution in [0.1, 0.15) is 68.8 Å². The number of nitrogens with zero attached hydrogens (tertiary/aromatic N) is 1. The summed E-state index contributed by atoms with van der Waals surface area (Å²) < 4.78 is 5.21. The molecule has 5 heteroatoms. The molecule has 3 aromatic carbocycles. The van der Waals surface area contributed by atoms with Crippen LogP contribution in [0.15, 0.2) is 66.7 Å². The minimum Gasteiger partial charge on any atom is -0.462 e. The van der Waals surface area contributed by atoms with E-state index in [4.69, 9.17) is 4.74 Å². The zero-order valence-electron chi connectivity index (χ0n) is 21.5. The largest absolute Gasteiger partial charge is 0.462 e. The van der Waals surface area contributed by atoms with Crippen LogP contribution in [0.4, 0.5) is 17.1 Å². The lowest BCUT2D eigenvalue weighted by atomic mass is 9.89. The maximum atomic E-state index is 12.8. The van der Waals surface area contributed by atoms with E-state index in [1.165, 1.54) is 19.3 Å². The van der Waals surface area contributed by atoms with Gasteiger partial charge in [-0.15, -0.1) is 0 Å². The van der Waals surface area contributed by atoms with Gasteiger partial charge < -0.3 is 15.0 Å². The van der Waals surface area contributed by atoms with Crippen LogP contribution >= 0.6 is 0 Å². The lowest BCUT2D eigenvalue weighted by Crippen LogP contribution is -2.33. The van der Waals surface area contributed by atoms with Crippen molar-refractivity contribution in [3.8, 4) is 11.1 Å². The third kappa shape index (κ3) is 5.46. The molecule has 1 heterocycles. The third-order valence-corrected chi connectivity index (χ3v) is 6.80. The van der Waals surface area contributed by atoms with Crippen LogP contribution in [-0.4, -0.2) is 18.5 Å². The maximum absolute atomic E-state index is 12.8. The van der Waals surface area contributed by atoms with Gasteiger partial charge in [0, 0.05) is 29.3 Å². The summed E-state index contributed by atoms with van der Waals surface area (Å²) in [5.74, 6) is -0.221. The first-order valence-corrected chi connectivity index (χ1v) is 13.1. The summed E-state index contributed by atoms with van der Waals surface area (Å²) in [5, 5.41) is 3.18. The third-order valence-electron chi connectivity index (χ3n) is 6.80. The minimum absolute atomic E-state index is 0.00264. The van der Waals surface area contributed by atoms with Crippen molar-refractivity contribution in [1.29, 1.82) is 0 Å². The van der Waals surface area contributed by atoms with Gasteiger partial charge >= 0.3 is 5.97 Å². The van der Waals surface area contributed by atoms with Crippen molar-refractivity contribution in [1.82, 2.24) is 5.32 Å². The molecule has 5 nitrogen and oxygen atoms in total. The fourth-order valence-corrected chi connectivity index (χ4v) is 4.80. The van der Waals surface area contributed by atoms with Crippen molar-refractivity contribution in [3.05, 3.63) is 77.9 Å². The Balaban J connectivity index is 1.58. The van der Waals surface area contributed by atoms with Crippen LogP contribution in [0.5, 0.6) is 0 Å². The van der Waals surface area contributed by atoms with Crippen molar-refractivity contribution >= 4 is 28.9 Å². The molecular formula is C31H36N2O3.